The lowest BCUT2D eigenvalue weighted by molar-refractivity contribution is 0.0951. The van der Waals surface area contributed by atoms with Gasteiger partial charge in [0.2, 0.25) is 0 Å². The molecule has 0 aliphatic carbocycles. The number of rotatable bonds is 4. The number of hydrogen-bond donors (Lipinski definition) is 1. The molecule has 1 amide bonds. The predicted octanol–water partition coefficient (Wildman–Crippen LogP) is 3.11. The van der Waals surface area contributed by atoms with Crippen LogP contribution in [0.2, 0.25) is 5.02 Å². The smallest absolute Gasteiger partial charge is 0.275 e. The molecule has 0 atom stereocenters. The zero-order chi connectivity index (χ0) is 13.7. The fourth-order valence-corrected chi connectivity index (χ4v) is 1.36. The van der Waals surface area contributed by atoms with Crippen molar-refractivity contribution in [3.05, 3.63) is 28.8 Å². The lowest BCUT2D eigenvalue weighted by atomic mass is 10.1. The summed E-state index contributed by atoms with van der Waals surface area (Å²) in [6.07, 6.45) is 0. The zero-order valence-corrected chi connectivity index (χ0v) is 11.7. The number of carbonyl (C=O) groups is 1. The molecule has 1 rings (SSSR count). The SMILES string of the molecule is COc1ccc(Cl)cc1C(=O)N/N=C(\C)C(C)C. The van der Waals surface area contributed by atoms with Gasteiger partial charge in [-0.05, 0) is 31.0 Å². The molecule has 18 heavy (non-hydrogen) atoms. The quantitative estimate of drug-likeness (QED) is 0.674. The number of hydrogen-bond acceptors (Lipinski definition) is 3. The van der Waals surface area contributed by atoms with Crippen LogP contribution >= 0.6 is 11.6 Å². The molecule has 5 heteroatoms. The molecular weight excluding hydrogens is 252 g/mol. The molecule has 0 unspecified atom stereocenters. The Morgan fingerprint density at radius 1 is 1.44 bits per heavy atom. The molecule has 0 aliphatic rings. The number of carbonyl (C=O) groups excluding carboxylic acids is 1. The lowest BCUT2D eigenvalue weighted by Gasteiger charge is -2.08. The first-order valence-electron chi connectivity index (χ1n) is 5.63. The first kappa shape index (κ1) is 14.5. The molecular formula is C13H17ClN2O2. The van der Waals surface area contributed by atoms with Crippen LogP contribution in [0.3, 0.4) is 0 Å². The van der Waals surface area contributed by atoms with Crippen LogP contribution in [0.1, 0.15) is 31.1 Å². The van der Waals surface area contributed by atoms with E-state index in [1.165, 1.54) is 7.11 Å². The highest BCUT2D eigenvalue weighted by Gasteiger charge is 2.12. The second-order valence-electron chi connectivity index (χ2n) is 4.19. The van der Waals surface area contributed by atoms with Gasteiger partial charge >= 0.3 is 0 Å². The van der Waals surface area contributed by atoms with Gasteiger partial charge in [0.25, 0.3) is 5.91 Å². The molecule has 1 aromatic carbocycles. The Hall–Kier alpha value is -1.55. The summed E-state index contributed by atoms with van der Waals surface area (Å²) in [6.45, 7) is 5.87. The molecule has 0 spiro atoms. The van der Waals surface area contributed by atoms with Gasteiger partial charge in [0.05, 0.1) is 12.7 Å². The number of amides is 1. The molecule has 0 fully saturated rings. The van der Waals surface area contributed by atoms with Crippen molar-refractivity contribution in [3.63, 3.8) is 0 Å². The summed E-state index contributed by atoms with van der Waals surface area (Å²) in [5, 5.41) is 4.50. The molecule has 0 radical (unpaired) electrons. The van der Waals surface area contributed by atoms with Crippen LogP contribution in [0, 0.1) is 5.92 Å². The summed E-state index contributed by atoms with van der Waals surface area (Å²) in [6, 6.07) is 4.87. The number of nitrogens with zero attached hydrogens (tertiary/aromatic N) is 1. The van der Waals surface area contributed by atoms with Gasteiger partial charge in [-0.3, -0.25) is 4.79 Å². The normalized spacial score (nSPS) is 11.6. The highest BCUT2D eigenvalue weighted by Crippen LogP contribution is 2.22. The van der Waals surface area contributed by atoms with Gasteiger partial charge in [-0.2, -0.15) is 5.10 Å². The highest BCUT2D eigenvalue weighted by molar-refractivity contribution is 6.31. The maximum atomic E-state index is 11.9. The minimum Gasteiger partial charge on any atom is -0.496 e. The minimum absolute atomic E-state index is 0.284. The van der Waals surface area contributed by atoms with Crippen LogP contribution < -0.4 is 10.2 Å². The van der Waals surface area contributed by atoms with Crippen molar-refractivity contribution in [2.24, 2.45) is 11.0 Å². The number of hydrazone groups is 1. The Bertz CT molecular complexity index is 470. The third-order valence-electron chi connectivity index (χ3n) is 2.58. The number of halogens is 1. The van der Waals surface area contributed by atoms with E-state index in [1.54, 1.807) is 18.2 Å². The van der Waals surface area contributed by atoms with Crippen molar-refractivity contribution in [2.75, 3.05) is 7.11 Å². The summed E-state index contributed by atoms with van der Waals surface area (Å²) < 4.78 is 5.11. The molecule has 98 valence electrons. The van der Waals surface area contributed by atoms with E-state index in [0.717, 1.165) is 5.71 Å². The Balaban J connectivity index is 2.91. The monoisotopic (exact) mass is 268 g/mol. The van der Waals surface area contributed by atoms with E-state index in [1.807, 2.05) is 20.8 Å². The summed E-state index contributed by atoms with van der Waals surface area (Å²) in [4.78, 5) is 11.9. The van der Waals surface area contributed by atoms with Crippen molar-refractivity contribution < 1.29 is 9.53 Å². The largest absolute Gasteiger partial charge is 0.496 e. The molecule has 0 saturated carbocycles. The number of benzene rings is 1. The standard InChI is InChI=1S/C13H17ClN2O2/c1-8(2)9(3)15-16-13(17)11-7-10(14)5-6-12(11)18-4/h5-8H,1-4H3,(H,16,17)/b15-9+. The van der Waals surface area contributed by atoms with Crippen LogP contribution in [0.5, 0.6) is 5.75 Å². The average molecular weight is 269 g/mol. The van der Waals surface area contributed by atoms with E-state index in [0.29, 0.717) is 16.3 Å². The van der Waals surface area contributed by atoms with Gasteiger partial charge < -0.3 is 4.74 Å². The summed E-state index contributed by atoms with van der Waals surface area (Å²) >= 11 is 5.86. The van der Waals surface area contributed by atoms with Crippen LogP contribution in [0.15, 0.2) is 23.3 Å². The molecule has 0 bridgehead atoms. The van der Waals surface area contributed by atoms with Crippen LogP contribution in [0.4, 0.5) is 0 Å². The van der Waals surface area contributed by atoms with Gasteiger partial charge in [0.15, 0.2) is 0 Å². The molecule has 1 N–H and O–H groups in total. The third kappa shape index (κ3) is 3.74. The van der Waals surface area contributed by atoms with Crippen molar-refractivity contribution in [1.29, 1.82) is 0 Å². The third-order valence-corrected chi connectivity index (χ3v) is 2.81. The lowest BCUT2D eigenvalue weighted by Crippen LogP contribution is -2.21. The molecule has 1 aromatic rings. The molecule has 4 nitrogen and oxygen atoms in total. The maximum absolute atomic E-state index is 11.9. The molecule has 0 aromatic heterocycles. The van der Waals surface area contributed by atoms with E-state index in [2.05, 4.69) is 10.5 Å². The van der Waals surface area contributed by atoms with Crippen molar-refractivity contribution in [2.45, 2.75) is 20.8 Å². The van der Waals surface area contributed by atoms with E-state index in [-0.39, 0.29) is 11.8 Å². The van der Waals surface area contributed by atoms with Gasteiger partial charge in [-0.25, -0.2) is 5.43 Å². The highest BCUT2D eigenvalue weighted by atomic mass is 35.5. The second-order valence-corrected chi connectivity index (χ2v) is 4.63. The Labute approximate surface area is 112 Å². The van der Waals surface area contributed by atoms with Crippen LogP contribution in [-0.4, -0.2) is 18.7 Å². The fraction of sp³-hybridized carbons (Fsp3) is 0.385. The van der Waals surface area contributed by atoms with E-state index in [4.69, 9.17) is 16.3 Å². The minimum atomic E-state index is -0.339. The predicted molar refractivity (Wildman–Crippen MR) is 73.4 cm³/mol. The summed E-state index contributed by atoms with van der Waals surface area (Å²) in [5.41, 5.74) is 3.71. The van der Waals surface area contributed by atoms with Gasteiger partial charge in [-0.15, -0.1) is 0 Å². The topological polar surface area (TPSA) is 50.7 Å². The Kier molecular flexibility index (Phi) is 5.16. The zero-order valence-electron chi connectivity index (χ0n) is 11.0. The van der Waals surface area contributed by atoms with E-state index in [9.17, 15) is 4.79 Å². The van der Waals surface area contributed by atoms with E-state index >= 15 is 0 Å². The molecule has 0 saturated heterocycles. The fourth-order valence-electron chi connectivity index (χ4n) is 1.19. The molecule has 0 aliphatic heterocycles. The summed E-state index contributed by atoms with van der Waals surface area (Å²) in [7, 11) is 1.50. The van der Waals surface area contributed by atoms with Crippen molar-refractivity contribution >= 4 is 23.2 Å². The Morgan fingerprint density at radius 3 is 2.67 bits per heavy atom. The maximum Gasteiger partial charge on any atom is 0.275 e. The van der Waals surface area contributed by atoms with Crippen molar-refractivity contribution in [1.82, 2.24) is 5.43 Å². The number of methoxy groups -OCH3 is 1. The van der Waals surface area contributed by atoms with Gasteiger partial charge in [0.1, 0.15) is 5.75 Å². The Morgan fingerprint density at radius 2 is 2.11 bits per heavy atom. The second kappa shape index (κ2) is 6.40. The van der Waals surface area contributed by atoms with Crippen molar-refractivity contribution in [3.8, 4) is 5.75 Å². The molecule has 0 heterocycles. The average Bonchev–Trinajstić information content (AvgIpc) is 2.35. The van der Waals surface area contributed by atoms with Crippen LogP contribution in [-0.2, 0) is 0 Å². The summed E-state index contributed by atoms with van der Waals surface area (Å²) in [5.74, 6) is 0.412. The van der Waals surface area contributed by atoms with Gasteiger partial charge in [-0.1, -0.05) is 25.4 Å². The number of ether oxygens (including phenoxy) is 1. The van der Waals surface area contributed by atoms with E-state index < -0.39 is 0 Å². The van der Waals surface area contributed by atoms with Gasteiger partial charge in [0, 0.05) is 10.7 Å². The first-order chi connectivity index (χ1) is 8.45. The number of nitrogens with one attached hydrogen (secondary N) is 1. The van der Waals surface area contributed by atoms with Crippen LogP contribution in [0.25, 0.3) is 0 Å². The first-order valence-corrected chi connectivity index (χ1v) is 6.01.